The van der Waals surface area contributed by atoms with Crippen LogP contribution in [0.5, 0.6) is 0 Å². The molecule has 1 aliphatic carbocycles. The number of fused-ring (bicyclic) bond motifs is 1. The van der Waals surface area contributed by atoms with Gasteiger partial charge in [-0.3, -0.25) is 14.9 Å². The number of H-pyrrole nitrogens is 1. The number of hydrogen-bond donors (Lipinski definition) is 4. The van der Waals surface area contributed by atoms with Gasteiger partial charge in [-0.2, -0.15) is 0 Å². The van der Waals surface area contributed by atoms with E-state index in [0.717, 1.165) is 73.5 Å². The monoisotopic (exact) mass is 656 g/mol. The van der Waals surface area contributed by atoms with E-state index in [-0.39, 0.29) is 12.6 Å². The van der Waals surface area contributed by atoms with Crippen LogP contribution in [0.3, 0.4) is 0 Å². The summed E-state index contributed by atoms with van der Waals surface area (Å²) in [6.07, 6.45) is 3.65. The van der Waals surface area contributed by atoms with E-state index in [2.05, 4.69) is 32.5 Å². The zero-order valence-electron chi connectivity index (χ0n) is 27.2. The van der Waals surface area contributed by atoms with Crippen molar-refractivity contribution in [1.82, 2.24) is 24.7 Å². The van der Waals surface area contributed by atoms with E-state index < -0.39 is 23.8 Å². The molecule has 1 aromatic heterocycles. The van der Waals surface area contributed by atoms with E-state index in [1.807, 2.05) is 48.5 Å². The Labute approximate surface area is 275 Å². The van der Waals surface area contributed by atoms with Crippen LogP contribution < -0.4 is 10.6 Å². The van der Waals surface area contributed by atoms with Crippen molar-refractivity contribution >= 4 is 41.4 Å². The normalized spacial score (nSPS) is 17.3. The summed E-state index contributed by atoms with van der Waals surface area (Å²) in [7, 11) is 2.11. The molecule has 2 aliphatic rings. The molecule has 0 radical (unpaired) electrons. The molecule has 5 rings (SSSR count). The van der Waals surface area contributed by atoms with Crippen molar-refractivity contribution in [3.63, 3.8) is 0 Å². The zero-order chi connectivity index (χ0) is 32.9. The fraction of sp³-hybridized carbons (Fsp3) is 0.545. The average molecular weight is 657 g/mol. The highest BCUT2D eigenvalue weighted by molar-refractivity contribution is 7.97. The van der Waals surface area contributed by atoms with Gasteiger partial charge in [-0.15, -0.1) is 4.47 Å². The van der Waals surface area contributed by atoms with Crippen molar-refractivity contribution in [2.75, 3.05) is 45.2 Å². The summed E-state index contributed by atoms with van der Waals surface area (Å²) >= 11 is 1.36. The lowest BCUT2D eigenvalue weighted by atomic mass is 10.0. The van der Waals surface area contributed by atoms with Crippen LogP contribution in [0.1, 0.15) is 52.0 Å². The smallest absolute Gasteiger partial charge is 0.407 e. The Bertz CT molecular complexity index is 1360. The van der Waals surface area contributed by atoms with E-state index in [0.29, 0.717) is 18.8 Å². The third-order valence-electron chi connectivity index (χ3n) is 7.46. The van der Waals surface area contributed by atoms with E-state index in [4.69, 9.17) is 14.3 Å². The minimum absolute atomic E-state index is 0.0652. The molecule has 2 atom stereocenters. The molecule has 252 valence electrons. The zero-order valence-corrected chi connectivity index (χ0v) is 28.1. The molecule has 1 saturated heterocycles. The molecular weight excluding hydrogens is 608 g/mol. The first kappa shape index (κ1) is 35.7. The number of nitrogens with one attached hydrogen (secondary N) is 3. The van der Waals surface area contributed by atoms with Crippen LogP contribution in [0, 0.1) is 0 Å². The van der Waals surface area contributed by atoms with Crippen molar-refractivity contribution in [2.24, 2.45) is 0 Å². The molecule has 1 aliphatic heterocycles. The highest BCUT2D eigenvalue weighted by atomic mass is 32.2. The van der Waals surface area contributed by atoms with Gasteiger partial charge in [0.25, 0.3) is 0 Å². The number of carbonyl (C=O) groups is 2. The van der Waals surface area contributed by atoms with Crippen LogP contribution in [0.4, 0.5) is 10.7 Å². The van der Waals surface area contributed by atoms with Gasteiger partial charge in [0.05, 0.1) is 49.0 Å². The van der Waals surface area contributed by atoms with Crippen LogP contribution in [-0.2, 0) is 25.5 Å². The van der Waals surface area contributed by atoms with E-state index in [1.54, 1.807) is 25.2 Å². The lowest BCUT2D eigenvalue weighted by Crippen LogP contribution is -2.50. The summed E-state index contributed by atoms with van der Waals surface area (Å²) in [5, 5.41) is 16.8. The van der Waals surface area contributed by atoms with Crippen LogP contribution in [0.2, 0.25) is 0 Å². The van der Waals surface area contributed by atoms with Crippen molar-refractivity contribution in [2.45, 2.75) is 81.6 Å². The fourth-order valence-electron chi connectivity index (χ4n) is 5.09. The Balaban J connectivity index is 0.000000606. The highest BCUT2D eigenvalue weighted by Crippen LogP contribution is 2.31. The van der Waals surface area contributed by atoms with Gasteiger partial charge in [0, 0.05) is 18.0 Å². The van der Waals surface area contributed by atoms with Gasteiger partial charge in [0.2, 0.25) is 12.4 Å². The number of likely N-dealkylation sites (N-methyl/N-ethyl adjacent to an activating group) is 1. The molecule has 13 heteroatoms. The van der Waals surface area contributed by atoms with Gasteiger partial charge >= 0.3 is 6.09 Å². The molecule has 1 saturated carbocycles. The maximum Gasteiger partial charge on any atom is 0.407 e. The minimum atomic E-state index is -0.953. The van der Waals surface area contributed by atoms with Gasteiger partial charge in [-0.05, 0) is 82.8 Å². The van der Waals surface area contributed by atoms with Crippen molar-refractivity contribution in [1.29, 1.82) is 0 Å². The topological polar surface area (TPSA) is 141 Å². The first-order chi connectivity index (χ1) is 22.1. The number of hydroxylamine groups is 1. The number of imidazole rings is 1. The Hall–Kier alpha value is -3.20. The second-order valence-corrected chi connectivity index (χ2v) is 13.6. The number of alkyl carbamates (subject to hydrolysis) is 1. The van der Waals surface area contributed by atoms with Crippen LogP contribution >= 0.6 is 11.9 Å². The number of rotatable bonds is 12. The van der Waals surface area contributed by atoms with Gasteiger partial charge in [-0.1, -0.05) is 43.2 Å². The van der Waals surface area contributed by atoms with Crippen molar-refractivity contribution in [3.05, 3.63) is 54.1 Å². The van der Waals surface area contributed by atoms with Gasteiger partial charge < -0.3 is 29.8 Å². The number of amides is 2. The van der Waals surface area contributed by atoms with Gasteiger partial charge in [0.15, 0.2) is 0 Å². The van der Waals surface area contributed by atoms with Gasteiger partial charge in [-0.25, -0.2) is 9.78 Å². The third kappa shape index (κ3) is 12.2. The summed E-state index contributed by atoms with van der Waals surface area (Å²) in [4.78, 5) is 40.3. The van der Waals surface area contributed by atoms with E-state index >= 15 is 0 Å². The van der Waals surface area contributed by atoms with Crippen LogP contribution in [0.25, 0.3) is 11.0 Å². The predicted octanol–water partition coefficient (Wildman–Crippen LogP) is 4.76. The number of aliphatic hydroxyl groups excluding tert-OH is 1. The van der Waals surface area contributed by atoms with E-state index in [9.17, 15) is 14.7 Å². The Morgan fingerprint density at radius 1 is 1.20 bits per heavy atom. The molecular formula is C33H48N6O6S. The lowest BCUT2D eigenvalue weighted by molar-refractivity contribution is -0.138. The number of nitrogens with zero attached hydrogens (tertiary/aromatic N) is 3. The largest absolute Gasteiger partial charge is 0.444 e. The maximum absolute atomic E-state index is 12.7. The first-order valence-electron chi connectivity index (χ1n) is 15.9. The van der Waals surface area contributed by atoms with Crippen LogP contribution in [0.15, 0.2) is 53.4 Å². The summed E-state index contributed by atoms with van der Waals surface area (Å²) in [6.45, 7) is 9.58. The quantitative estimate of drug-likeness (QED) is 0.123. The summed E-state index contributed by atoms with van der Waals surface area (Å²) in [6, 6.07) is 14.8. The molecule has 4 N–H and O–H groups in total. The average Bonchev–Trinajstić information content (AvgIpc) is 3.66. The summed E-state index contributed by atoms with van der Waals surface area (Å²) < 4.78 is 12.3. The molecule has 2 aromatic carbocycles. The second-order valence-electron chi connectivity index (χ2n) is 12.6. The molecule has 2 amide bonds. The van der Waals surface area contributed by atoms with Gasteiger partial charge in [0.1, 0.15) is 5.60 Å². The number of aliphatic hydroxyl groups is 1. The molecule has 3 aromatic rings. The predicted molar refractivity (Wildman–Crippen MR) is 179 cm³/mol. The standard InChI is InChI=1S/C28H37N5O5S.C5H11NO/c1-28(2,3)37-27(36)32-24(15-19-9-5-4-6-10-19)25(35)17-33(38-20-11-7-8-12-20)39-21-13-14-22-23(16-21)31-26(30-22)29-18-34;1-6-2-4-7-5-3-6/h4-6,9-10,13-14,16,18,20,24-25,35H,7-8,11-12,15,17H2,1-3H3,(H,32,36)(H2,29,30,31,34);2-5H2,1H3/t24?,25-;/m1./s1. The molecule has 1 unspecified atom stereocenters. The Morgan fingerprint density at radius 2 is 1.91 bits per heavy atom. The highest BCUT2D eigenvalue weighted by Gasteiger charge is 2.29. The SMILES string of the molecule is CC(C)(C)OC(=O)NC(Cc1ccccc1)[C@H](O)CN(OC1CCCC1)Sc1ccc2nc(NC=O)[nH]c2c1.CN1CCOCC1. The number of aromatic nitrogens is 2. The minimum Gasteiger partial charge on any atom is -0.444 e. The number of hydrogen-bond acceptors (Lipinski definition) is 10. The molecule has 0 bridgehead atoms. The van der Waals surface area contributed by atoms with Crippen LogP contribution in [-0.4, -0.2) is 101 Å². The Morgan fingerprint density at radius 3 is 2.54 bits per heavy atom. The van der Waals surface area contributed by atoms with Crippen molar-refractivity contribution in [3.8, 4) is 0 Å². The molecule has 2 fully saturated rings. The number of benzene rings is 2. The fourth-order valence-corrected chi connectivity index (χ4v) is 6.02. The number of anilines is 1. The van der Waals surface area contributed by atoms with Crippen molar-refractivity contribution < 1.29 is 29.0 Å². The summed E-state index contributed by atoms with van der Waals surface area (Å²) in [5.41, 5.74) is 1.81. The molecule has 0 spiro atoms. The number of morpholine rings is 1. The molecule has 46 heavy (non-hydrogen) atoms. The molecule has 2 heterocycles. The van der Waals surface area contributed by atoms with E-state index in [1.165, 1.54) is 11.9 Å². The second kappa shape index (κ2) is 17.6. The number of aromatic amines is 1. The maximum atomic E-state index is 12.7. The summed E-state index contributed by atoms with van der Waals surface area (Å²) in [5.74, 6) is 0.369. The molecule has 12 nitrogen and oxygen atoms in total. The lowest BCUT2D eigenvalue weighted by Gasteiger charge is -2.31. The number of carbonyl (C=O) groups excluding carboxylic acids is 2. The third-order valence-corrected chi connectivity index (χ3v) is 8.36. The number of ether oxygens (including phenoxy) is 2. The Kier molecular flexibility index (Phi) is 13.7. The first-order valence-corrected chi connectivity index (χ1v) is 16.7.